The molecule has 8 heteroatoms. The SMILES string of the molecule is CC(=O)c1ccc(Cl)c(S(=O)(=O)N(C(N)=O)c2ccc(C(C)C)cc2C(C)C)c1. The van der Waals surface area contributed by atoms with Crippen molar-refractivity contribution in [3.8, 4) is 0 Å². The molecule has 0 spiro atoms. The van der Waals surface area contributed by atoms with Crippen LogP contribution in [0.1, 0.15) is 67.9 Å². The summed E-state index contributed by atoms with van der Waals surface area (Å²) in [6.45, 7) is 9.16. The Balaban J connectivity index is 2.77. The Hall–Kier alpha value is -2.38. The third kappa shape index (κ3) is 4.62. The molecular formula is C21H25ClN2O4S. The highest BCUT2D eigenvalue weighted by Crippen LogP contribution is 2.35. The van der Waals surface area contributed by atoms with E-state index in [1.807, 2.05) is 33.8 Å². The summed E-state index contributed by atoms with van der Waals surface area (Å²) in [6, 6.07) is 7.97. The number of nitrogens with zero attached hydrogens (tertiary/aromatic N) is 1. The summed E-state index contributed by atoms with van der Waals surface area (Å²) < 4.78 is 27.3. The average Bonchev–Trinajstić information content (AvgIpc) is 2.61. The zero-order valence-electron chi connectivity index (χ0n) is 17.1. The van der Waals surface area contributed by atoms with E-state index in [-0.39, 0.29) is 38.8 Å². The second-order valence-corrected chi connectivity index (χ2v) is 9.60. The highest BCUT2D eigenvalue weighted by molar-refractivity contribution is 7.93. The summed E-state index contributed by atoms with van der Waals surface area (Å²) in [5.74, 6) is -0.172. The molecule has 6 nitrogen and oxygen atoms in total. The fourth-order valence-corrected chi connectivity index (χ4v) is 4.82. The van der Waals surface area contributed by atoms with Crippen molar-refractivity contribution in [2.24, 2.45) is 5.73 Å². The van der Waals surface area contributed by atoms with Crippen molar-refractivity contribution < 1.29 is 18.0 Å². The number of anilines is 1. The smallest absolute Gasteiger partial charge is 0.333 e. The standard InChI is InChI=1S/C21H25ClN2O4S/c1-12(2)15-7-9-19(17(10-15)13(3)4)24(21(23)26)29(27,28)20-11-16(14(5)25)6-8-18(20)22/h6-13H,1-5H3,(H2,23,26). The number of amides is 2. The Morgan fingerprint density at radius 3 is 2.10 bits per heavy atom. The van der Waals surface area contributed by atoms with E-state index in [9.17, 15) is 18.0 Å². The van der Waals surface area contributed by atoms with E-state index in [0.717, 1.165) is 11.6 Å². The molecule has 156 valence electrons. The molecule has 2 aromatic carbocycles. The third-order valence-corrected chi connectivity index (χ3v) is 6.81. The number of carbonyl (C=O) groups is 2. The van der Waals surface area contributed by atoms with Gasteiger partial charge in [-0.3, -0.25) is 4.79 Å². The van der Waals surface area contributed by atoms with Crippen LogP contribution in [0.25, 0.3) is 0 Å². The first kappa shape index (κ1) is 22.9. The number of Topliss-reactive ketones (excluding diaryl/α,β-unsaturated/α-hetero) is 1. The second-order valence-electron chi connectivity index (χ2n) is 7.44. The number of primary amides is 1. The van der Waals surface area contributed by atoms with Gasteiger partial charge in [-0.1, -0.05) is 51.4 Å². The van der Waals surface area contributed by atoms with Crippen LogP contribution < -0.4 is 10.0 Å². The van der Waals surface area contributed by atoms with Crippen molar-refractivity contribution in [3.63, 3.8) is 0 Å². The van der Waals surface area contributed by atoms with E-state index in [1.165, 1.54) is 19.1 Å². The monoisotopic (exact) mass is 436 g/mol. The molecule has 0 saturated heterocycles. The van der Waals surface area contributed by atoms with Crippen molar-refractivity contribution in [1.29, 1.82) is 0 Å². The normalized spacial score (nSPS) is 11.7. The summed E-state index contributed by atoms with van der Waals surface area (Å²) in [4.78, 5) is 23.7. The van der Waals surface area contributed by atoms with Crippen molar-refractivity contribution >= 4 is 39.1 Å². The molecule has 0 fully saturated rings. The van der Waals surface area contributed by atoms with Crippen LogP contribution in [-0.2, 0) is 10.0 Å². The zero-order chi connectivity index (χ0) is 22.1. The number of hydrogen-bond donors (Lipinski definition) is 1. The van der Waals surface area contributed by atoms with E-state index in [1.54, 1.807) is 12.1 Å². The van der Waals surface area contributed by atoms with Crippen LogP contribution in [0, 0.1) is 0 Å². The quantitative estimate of drug-likeness (QED) is 0.639. The van der Waals surface area contributed by atoms with E-state index < -0.39 is 16.1 Å². The first-order valence-corrected chi connectivity index (χ1v) is 11.0. The molecule has 0 aromatic heterocycles. The maximum Gasteiger partial charge on any atom is 0.333 e. The van der Waals surface area contributed by atoms with Gasteiger partial charge in [-0.2, -0.15) is 4.31 Å². The molecule has 0 atom stereocenters. The summed E-state index contributed by atoms with van der Waals surface area (Å²) in [6.07, 6.45) is 0. The predicted molar refractivity (Wildman–Crippen MR) is 115 cm³/mol. The first-order chi connectivity index (χ1) is 13.4. The topological polar surface area (TPSA) is 97.5 Å². The molecule has 2 aromatic rings. The van der Waals surface area contributed by atoms with Gasteiger partial charge >= 0.3 is 6.03 Å². The van der Waals surface area contributed by atoms with Crippen LogP contribution in [0.3, 0.4) is 0 Å². The third-order valence-electron chi connectivity index (χ3n) is 4.62. The van der Waals surface area contributed by atoms with Gasteiger partial charge in [-0.05, 0) is 54.2 Å². The molecule has 2 N–H and O–H groups in total. The number of halogens is 1. The lowest BCUT2D eigenvalue weighted by molar-refractivity contribution is 0.101. The van der Waals surface area contributed by atoms with Crippen molar-refractivity contribution in [3.05, 3.63) is 58.1 Å². The number of urea groups is 1. The van der Waals surface area contributed by atoms with E-state index in [4.69, 9.17) is 17.3 Å². The summed E-state index contributed by atoms with van der Waals surface area (Å²) in [5, 5.41) is -0.105. The summed E-state index contributed by atoms with van der Waals surface area (Å²) >= 11 is 6.12. The van der Waals surface area contributed by atoms with Gasteiger partial charge in [0.1, 0.15) is 4.90 Å². The van der Waals surface area contributed by atoms with Crippen LogP contribution in [0.15, 0.2) is 41.3 Å². The van der Waals surface area contributed by atoms with Gasteiger partial charge in [0, 0.05) is 5.56 Å². The van der Waals surface area contributed by atoms with E-state index >= 15 is 0 Å². The molecule has 2 amide bonds. The van der Waals surface area contributed by atoms with Crippen LogP contribution in [-0.4, -0.2) is 20.2 Å². The molecule has 0 bridgehead atoms. The Labute approximate surface area is 176 Å². The van der Waals surface area contributed by atoms with E-state index in [0.29, 0.717) is 9.87 Å². The second kappa shape index (κ2) is 8.55. The number of benzene rings is 2. The highest BCUT2D eigenvalue weighted by Gasteiger charge is 2.34. The van der Waals surface area contributed by atoms with Gasteiger partial charge in [0.15, 0.2) is 5.78 Å². The minimum atomic E-state index is -4.45. The van der Waals surface area contributed by atoms with Gasteiger partial charge in [0.2, 0.25) is 0 Å². The number of ketones is 1. The minimum absolute atomic E-state index is 0.0697. The lowest BCUT2D eigenvalue weighted by Crippen LogP contribution is -2.41. The number of carbonyl (C=O) groups excluding carboxylic acids is 2. The van der Waals surface area contributed by atoms with Gasteiger partial charge in [-0.25, -0.2) is 13.2 Å². The average molecular weight is 437 g/mol. The molecule has 0 radical (unpaired) electrons. The Morgan fingerprint density at radius 2 is 1.62 bits per heavy atom. The molecule has 2 rings (SSSR count). The van der Waals surface area contributed by atoms with E-state index in [2.05, 4.69) is 0 Å². The largest absolute Gasteiger partial charge is 0.350 e. The molecule has 0 aliphatic carbocycles. The van der Waals surface area contributed by atoms with Crippen LogP contribution in [0.5, 0.6) is 0 Å². The molecular weight excluding hydrogens is 412 g/mol. The maximum atomic E-state index is 13.4. The van der Waals surface area contributed by atoms with Gasteiger partial charge in [-0.15, -0.1) is 0 Å². The maximum absolute atomic E-state index is 13.4. The Kier molecular flexibility index (Phi) is 6.75. The molecule has 0 aliphatic rings. The highest BCUT2D eigenvalue weighted by atomic mass is 35.5. The molecule has 0 heterocycles. The van der Waals surface area contributed by atoms with Gasteiger partial charge in [0.25, 0.3) is 10.0 Å². The zero-order valence-corrected chi connectivity index (χ0v) is 18.6. The van der Waals surface area contributed by atoms with Gasteiger partial charge in [0.05, 0.1) is 10.7 Å². The lowest BCUT2D eigenvalue weighted by Gasteiger charge is -2.26. The minimum Gasteiger partial charge on any atom is -0.350 e. The van der Waals surface area contributed by atoms with Crippen molar-refractivity contribution in [1.82, 2.24) is 0 Å². The summed E-state index contributed by atoms with van der Waals surface area (Å²) in [7, 11) is -4.45. The molecule has 0 saturated carbocycles. The lowest BCUT2D eigenvalue weighted by atomic mass is 9.94. The van der Waals surface area contributed by atoms with Gasteiger partial charge < -0.3 is 5.73 Å². The molecule has 29 heavy (non-hydrogen) atoms. The number of rotatable bonds is 6. The number of nitrogens with two attached hydrogens (primary N) is 1. The first-order valence-electron chi connectivity index (χ1n) is 9.17. The predicted octanol–water partition coefficient (Wildman–Crippen LogP) is 5.06. The fraction of sp³-hybridized carbons (Fsp3) is 0.333. The van der Waals surface area contributed by atoms with Crippen molar-refractivity contribution in [2.75, 3.05) is 4.31 Å². The Morgan fingerprint density at radius 1 is 1.00 bits per heavy atom. The number of hydrogen-bond acceptors (Lipinski definition) is 4. The van der Waals surface area contributed by atoms with Crippen LogP contribution in [0.2, 0.25) is 5.02 Å². The number of sulfonamides is 1. The molecule has 0 unspecified atom stereocenters. The Bertz CT molecular complexity index is 1060. The molecule has 0 aliphatic heterocycles. The summed E-state index contributed by atoms with van der Waals surface area (Å²) in [5.41, 5.74) is 7.51. The van der Waals surface area contributed by atoms with Crippen LogP contribution >= 0.6 is 11.6 Å². The fourth-order valence-electron chi connectivity index (χ4n) is 2.96. The van der Waals surface area contributed by atoms with Crippen molar-refractivity contribution in [2.45, 2.75) is 51.3 Å². The van der Waals surface area contributed by atoms with Crippen LogP contribution in [0.4, 0.5) is 10.5 Å².